The molecule has 0 aromatic heterocycles. The lowest BCUT2D eigenvalue weighted by Gasteiger charge is -2.04. The number of hydrogen-bond donors (Lipinski definition) is 0. The first kappa shape index (κ1) is 13.6. The third-order valence-corrected chi connectivity index (χ3v) is 3.20. The highest BCUT2D eigenvalue weighted by Crippen LogP contribution is 2.19. The SMILES string of the molecule is COc1ccccc1C(=O)C=Cc1ccc(Br)cc1. The fraction of sp³-hybridized carbons (Fsp3) is 0.0625. The van der Waals surface area contributed by atoms with E-state index in [1.807, 2.05) is 36.4 Å². The van der Waals surface area contributed by atoms with Crippen molar-refractivity contribution in [2.45, 2.75) is 0 Å². The Hall–Kier alpha value is -1.87. The summed E-state index contributed by atoms with van der Waals surface area (Å²) < 4.78 is 6.19. The number of para-hydroxylation sites is 1. The Morgan fingerprint density at radius 2 is 1.79 bits per heavy atom. The molecule has 0 N–H and O–H groups in total. The predicted octanol–water partition coefficient (Wildman–Crippen LogP) is 4.35. The first-order valence-corrected chi connectivity index (χ1v) is 6.61. The third-order valence-electron chi connectivity index (χ3n) is 2.67. The van der Waals surface area contributed by atoms with Crippen LogP contribution in [0.4, 0.5) is 0 Å². The number of allylic oxidation sites excluding steroid dienone is 1. The minimum Gasteiger partial charge on any atom is -0.496 e. The van der Waals surface area contributed by atoms with Gasteiger partial charge in [-0.25, -0.2) is 0 Å². The highest BCUT2D eigenvalue weighted by atomic mass is 79.9. The van der Waals surface area contributed by atoms with Gasteiger partial charge in [-0.3, -0.25) is 4.79 Å². The van der Waals surface area contributed by atoms with Gasteiger partial charge in [0.2, 0.25) is 0 Å². The molecule has 0 aliphatic heterocycles. The van der Waals surface area contributed by atoms with E-state index in [4.69, 9.17) is 4.74 Å². The van der Waals surface area contributed by atoms with Crippen LogP contribution in [-0.4, -0.2) is 12.9 Å². The van der Waals surface area contributed by atoms with Crippen molar-refractivity contribution in [2.24, 2.45) is 0 Å². The van der Waals surface area contributed by atoms with Crippen molar-refractivity contribution in [1.29, 1.82) is 0 Å². The minimum atomic E-state index is -0.0691. The molecule has 0 fully saturated rings. The second-order valence-corrected chi connectivity index (χ2v) is 4.87. The van der Waals surface area contributed by atoms with Crippen LogP contribution in [0.2, 0.25) is 0 Å². The van der Waals surface area contributed by atoms with Crippen molar-refractivity contribution in [1.82, 2.24) is 0 Å². The maximum absolute atomic E-state index is 12.1. The molecule has 2 aromatic carbocycles. The number of methoxy groups -OCH3 is 1. The lowest BCUT2D eigenvalue weighted by molar-refractivity contribution is 0.104. The number of rotatable bonds is 4. The highest BCUT2D eigenvalue weighted by Gasteiger charge is 2.07. The summed E-state index contributed by atoms with van der Waals surface area (Å²) in [7, 11) is 1.56. The molecule has 0 bridgehead atoms. The van der Waals surface area contributed by atoms with Gasteiger partial charge in [0.15, 0.2) is 5.78 Å². The lowest BCUT2D eigenvalue weighted by Crippen LogP contribution is -1.98. The third kappa shape index (κ3) is 3.55. The van der Waals surface area contributed by atoms with Crippen LogP contribution in [0.25, 0.3) is 6.08 Å². The monoisotopic (exact) mass is 316 g/mol. The Kier molecular flexibility index (Phi) is 4.53. The summed E-state index contributed by atoms with van der Waals surface area (Å²) in [4.78, 5) is 12.1. The summed E-state index contributed by atoms with van der Waals surface area (Å²) in [6.45, 7) is 0. The molecule has 0 unspecified atom stereocenters. The molecule has 2 nitrogen and oxygen atoms in total. The van der Waals surface area contributed by atoms with Crippen molar-refractivity contribution < 1.29 is 9.53 Å². The van der Waals surface area contributed by atoms with Crippen LogP contribution in [0.5, 0.6) is 5.75 Å². The van der Waals surface area contributed by atoms with Crippen molar-refractivity contribution in [3.8, 4) is 5.75 Å². The summed E-state index contributed by atoms with van der Waals surface area (Å²) in [5.41, 5.74) is 1.55. The number of ketones is 1. The van der Waals surface area contributed by atoms with E-state index in [9.17, 15) is 4.79 Å². The molecule has 0 spiro atoms. The summed E-state index contributed by atoms with van der Waals surface area (Å²) >= 11 is 3.37. The van der Waals surface area contributed by atoms with E-state index in [1.54, 1.807) is 31.4 Å². The molecule has 3 heteroatoms. The Balaban J connectivity index is 2.19. The second-order valence-electron chi connectivity index (χ2n) is 3.95. The lowest BCUT2D eigenvalue weighted by atomic mass is 10.1. The fourth-order valence-electron chi connectivity index (χ4n) is 1.68. The standard InChI is InChI=1S/C16H13BrO2/c1-19-16-5-3-2-4-14(16)15(18)11-8-12-6-9-13(17)10-7-12/h2-11H,1H3. The molecular formula is C16H13BrO2. The zero-order valence-electron chi connectivity index (χ0n) is 10.5. The first-order valence-electron chi connectivity index (χ1n) is 5.81. The topological polar surface area (TPSA) is 26.3 Å². The number of hydrogen-bond acceptors (Lipinski definition) is 2. The smallest absolute Gasteiger partial charge is 0.189 e. The fourth-order valence-corrected chi connectivity index (χ4v) is 1.95. The summed E-state index contributed by atoms with van der Waals surface area (Å²) in [5, 5.41) is 0. The maximum Gasteiger partial charge on any atom is 0.189 e. The van der Waals surface area contributed by atoms with E-state index in [0.717, 1.165) is 10.0 Å². The quantitative estimate of drug-likeness (QED) is 0.619. The molecule has 0 atom stereocenters. The van der Waals surface area contributed by atoms with Crippen LogP contribution in [0.1, 0.15) is 15.9 Å². The van der Waals surface area contributed by atoms with Gasteiger partial charge >= 0.3 is 0 Å². The van der Waals surface area contributed by atoms with E-state index >= 15 is 0 Å². The van der Waals surface area contributed by atoms with Gasteiger partial charge < -0.3 is 4.74 Å². The van der Waals surface area contributed by atoms with Gasteiger partial charge in [-0.2, -0.15) is 0 Å². The van der Waals surface area contributed by atoms with Crippen molar-refractivity contribution >= 4 is 27.8 Å². The molecule has 0 heterocycles. The van der Waals surface area contributed by atoms with Gasteiger partial charge in [0.05, 0.1) is 12.7 Å². The van der Waals surface area contributed by atoms with Gasteiger partial charge in [-0.15, -0.1) is 0 Å². The molecule has 0 saturated carbocycles. The number of carbonyl (C=O) groups excluding carboxylic acids is 1. The van der Waals surface area contributed by atoms with Crippen LogP contribution in [-0.2, 0) is 0 Å². The van der Waals surface area contributed by atoms with Crippen molar-refractivity contribution in [3.63, 3.8) is 0 Å². The maximum atomic E-state index is 12.1. The average Bonchev–Trinajstić information content (AvgIpc) is 2.46. The Bertz CT molecular complexity index is 600. The van der Waals surface area contributed by atoms with Gasteiger partial charge in [0.1, 0.15) is 5.75 Å². The van der Waals surface area contributed by atoms with Gasteiger partial charge in [-0.1, -0.05) is 46.3 Å². The van der Waals surface area contributed by atoms with E-state index in [0.29, 0.717) is 11.3 Å². The molecule has 96 valence electrons. The van der Waals surface area contributed by atoms with E-state index in [-0.39, 0.29) is 5.78 Å². The van der Waals surface area contributed by atoms with Gasteiger partial charge in [0.25, 0.3) is 0 Å². The zero-order valence-corrected chi connectivity index (χ0v) is 12.1. The van der Waals surface area contributed by atoms with Crippen LogP contribution >= 0.6 is 15.9 Å². The summed E-state index contributed by atoms with van der Waals surface area (Å²) in [6.07, 6.45) is 3.35. The molecule has 19 heavy (non-hydrogen) atoms. The van der Waals surface area contributed by atoms with Gasteiger partial charge in [0, 0.05) is 4.47 Å². The predicted molar refractivity (Wildman–Crippen MR) is 80.5 cm³/mol. The Morgan fingerprint density at radius 1 is 1.11 bits per heavy atom. The first-order chi connectivity index (χ1) is 9.20. The van der Waals surface area contributed by atoms with E-state index < -0.39 is 0 Å². The molecule has 2 aromatic rings. The van der Waals surface area contributed by atoms with Crippen LogP contribution < -0.4 is 4.74 Å². The number of ether oxygens (including phenoxy) is 1. The normalized spacial score (nSPS) is 10.6. The van der Waals surface area contributed by atoms with Crippen LogP contribution in [0.3, 0.4) is 0 Å². The molecule has 2 rings (SSSR count). The molecule has 0 aliphatic rings. The van der Waals surface area contributed by atoms with Crippen molar-refractivity contribution in [2.75, 3.05) is 7.11 Å². The van der Waals surface area contributed by atoms with Crippen LogP contribution in [0.15, 0.2) is 59.1 Å². The molecule has 0 amide bonds. The second kappa shape index (κ2) is 6.34. The Morgan fingerprint density at radius 3 is 2.47 bits per heavy atom. The Labute approximate surface area is 120 Å². The number of benzene rings is 2. The summed E-state index contributed by atoms with van der Waals surface area (Å²) in [5.74, 6) is 0.522. The molecule has 0 aliphatic carbocycles. The van der Waals surface area contributed by atoms with Gasteiger partial charge in [-0.05, 0) is 35.9 Å². The highest BCUT2D eigenvalue weighted by molar-refractivity contribution is 9.10. The van der Waals surface area contributed by atoms with Crippen molar-refractivity contribution in [3.05, 3.63) is 70.2 Å². The zero-order chi connectivity index (χ0) is 13.7. The van der Waals surface area contributed by atoms with E-state index in [1.165, 1.54) is 0 Å². The largest absolute Gasteiger partial charge is 0.496 e. The molecule has 0 saturated heterocycles. The number of halogens is 1. The summed E-state index contributed by atoms with van der Waals surface area (Å²) in [6, 6.07) is 15.0. The molecular weight excluding hydrogens is 304 g/mol. The minimum absolute atomic E-state index is 0.0691. The number of carbonyl (C=O) groups is 1. The molecule has 0 radical (unpaired) electrons. The van der Waals surface area contributed by atoms with E-state index in [2.05, 4.69) is 15.9 Å². The van der Waals surface area contributed by atoms with Crippen LogP contribution in [0, 0.1) is 0 Å². The average molecular weight is 317 g/mol.